The summed E-state index contributed by atoms with van der Waals surface area (Å²) in [5, 5.41) is 3.10. The number of sulfonamides is 1. The van der Waals surface area contributed by atoms with Crippen molar-refractivity contribution in [1.29, 1.82) is 0 Å². The number of fused-ring (bicyclic) bond motifs is 1. The van der Waals surface area contributed by atoms with Gasteiger partial charge in [-0.2, -0.15) is 0 Å². The fraction of sp³-hybridized carbons (Fsp3) is 0.409. The van der Waals surface area contributed by atoms with Crippen LogP contribution in [0.15, 0.2) is 36.4 Å². The highest BCUT2D eigenvalue weighted by molar-refractivity contribution is 7.92. The third kappa shape index (κ3) is 4.53. The Morgan fingerprint density at radius 3 is 2.53 bits per heavy atom. The zero-order valence-electron chi connectivity index (χ0n) is 18.1. The van der Waals surface area contributed by atoms with Crippen molar-refractivity contribution in [2.45, 2.75) is 38.8 Å². The number of methoxy groups -OCH3 is 1. The summed E-state index contributed by atoms with van der Waals surface area (Å²) in [6, 6.07) is 10.3. The lowest BCUT2D eigenvalue weighted by atomic mass is 9.89. The smallest absolute Gasteiger partial charge is 0.251 e. The van der Waals surface area contributed by atoms with E-state index in [9.17, 15) is 13.2 Å². The van der Waals surface area contributed by atoms with Crippen LogP contribution in [0.3, 0.4) is 0 Å². The molecule has 0 fully saturated rings. The summed E-state index contributed by atoms with van der Waals surface area (Å²) in [5.41, 5.74) is 2.16. The van der Waals surface area contributed by atoms with Gasteiger partial charge in [-0.15, -0.1) is 0 Å². The summed E-state index contributed by atoms with van der Waals surface area (Å²) in [4.78, 5) is 13.0. The molecule has 3 rings (SSSR count). The van der Waals surface area contributed by atoms with E-state index in [0.717, 1.165) is 11.8 Å². The van der Waals surface area contributed by atoms with E-state index >= 15 is 0 Å². The van der Waals surface area contributed by atoms with Crippen LogP contribution in [0.1, 0.15) is 47.8 Å². The van der Waals surface area contributed by atoms with Crippen molar-refractivity contribution in [2.24, 2.45) is 0 Å². The first-order valence-electron chi connectivity index (χ1n) is 9.63. The van der Waals surface area contributed by atoms with Crippen LogP contribution in [0.5, 0.6) is 11.5 Å². The van der Waals surface area contributed by atoms with Crippen molar-refractivity contribution in [1.82, 2.24) is 5.32 Å². The number of carbonyl (C=O) groups excluding carboxylic acids is 1. The van der Waals surface area contributed by atoms with Crippen LogP contribution in [0, 0.1) is 6.92 Å². The molecule has 0 saturated heterocycles. The van der Waals surface area contributed by atoms with E-state index in [0.29, 0.717) is 34.7 Å². The molecule has 0 radical (unpaired) electrons. The quantitative estimate of drug-likeness (QED) is 0.782. The highest BCUT2D eigenvalue weighted by Gasteiger charge is 2.35. The molecule has 1 aliphatic rings. The molecule has 1 heterocycles. The summed E-state index contributed by atoms with van der Waals surface area (Å²) in [7, 11) is -0.286. The highest BCUT2D eigenvalue weighted by atomic mass is 32.2. The SMILES string of the molecule is COc1ccc2c(c1)OC(C)(C)C[C@H]2NC(=O)c1ccc(N(C)S(C)(=O)=O)c(C)c1. The third-order valence-electron chi connectivity index (χ3n) is 5.28. The van der Waals surface area contributed by atoms with Crippen LogP contribution >= 0.6 is 0 Å². The summed E-state index contributed by atoms with van der Waals surface area (Å²) in [5.74, 6) is 1.16. The normalized spacial score (nSPS) is 17.5. The molecule has 1 aliphatic heterocycles. The van der Waals surface area contributed by atoms with Crippen molar-refractivity contribution < 1.29 is 22.7 Å². The average molecular weight is 433 g/mol. The minimum atomic E-state index is -3.38. The number of nitrogens with one attached hydrogen (secondary N) is 1. The number of aryl methyl sites for hydroxylation is 1. The van der Waals surface area contributed by atoms with Gasteiger partial charge in [0.05, 0.1) is 25.1 Å². The van der Waals surface area contributed by atoms with Gasteiger partial charge in [-0.05, 0) is 56.7 Å². The van der Waals surface area contributed by atoms with Crippen molar-refractivity contribution >= 4 is 21.6 Å². The van der Waals surface area contributed by atoms with E-state index in [4.69, 9.17) is 9.47 Å². The second kappa shape index (κ2) is 7.83. The van der Waals surface area contributed by atoms with E-state index in [2.05, 4.69) is 5.32 Å². The first-order valence-corrected chi connectivity index (χ1v) is 11.5. The summed E-state index contributed by atoms with van der Waals surface area (Å²) >= 11 is 0. The first-order chi connectivity index (χ1) is 13.9. The zero-order chi connectivity index (χ0) is 22.3. The predicted molar refractivity (Wildman–Crippen MR) is 117 cm³/mol. The van der Waals surface area contributed by atoms with Gasteiger partial charge in [0.25, 0.3) is 5.91 Å². The Morgan fingerprint density at radius 1 is 1.23 bits per heavy atom. The van der Waals surface area contributed by atoms with E-state index in [1.165, 1.54) is 11.4 Å². The molecule has 0 aromatic heterocycles. The molecule has 0 saturated carbocycles. The van der Waals surface area contributed by atoms with Crippen LogP contribution in [0.4, 0.5) is 5.69 Å². The van der Waals surface area contributed by atoms with E-state index < -0.39 is 15.6 Å². The Kier molecular flexibility index (Phi) is 5.73. The largest absolute Gasteiger partial charge is 0.497 e. The molecule has 8 heteroatoms. The standard InChI is InChI=1S/C22H28N2O5S/c1-14-11-15(7-10-19(14)24(4)30(6,26)27)21(25)23-18-13-22(2,3)29-20-12-16(28-5)8-9-17(18)20/h7-12,18H,13H2,1-6H3,(H,23,25)/t18-/m1/s1. The second-order valence-electron chi connectivity index (χ2n) is 8.23. The van der Waals surface area contributed by atoms with Gasteiger partial charge < -0.3 is 14.8 Å². The number of carbonyl (C=O) groups is 1. The van der Waals surface area contributed by atoms with Gasteiger partial charge in [0.15, 0.2) is 0 Å². The zero-order valence-corrected chi connectivity index (χ0v) is 19.0. The van der Waals surface area contributed by atoms with Gasteiger partial charge in [-0.1, -0.05) is 0 Å². The van der Waals surface area contributed by atoms with E-state index in [1.54, 1.807) is 32.2 Å². The van der Waals surface area contributed by atoms with E-state index in [-0.39, 0.29) is 11.9 Å². The molecule has 0 unspecified atom stereocenters. The van der Waals surface area contributed by atoms with Gasteiger partial charge in [0.2, 0.25) is 10.0 Å². The lowest BCUT2D eigenvalue weighted by Crippen LogP contribution is -2.41. The van der Waals surface area contributed by atoms with Crippen LogP contribution in [-0.4, -0.2) is 40.3 Å². The summed E-state index contributed by atoms with van der Waals surface area (Å²) in [6.45, 7) is 5.75. The minimum absolute atomic E-state index is 0.221. The number of nitrogens with zero attached hydrogens (tertiary/aromatic N) is 1. The maximum Gasteiger partial charge on any atom is 0.251 e. The number of amides is 1. The molecule has 1 N–H and O–H groups in total. The lowest BCUT2D eigenvalue weighted by Gasteiger charge is -2.38. The molecule has 1 atom stereocenters. The molecule has 1 amide bonds. The van der Waals surface area contributed by atoms with Crippen LogP contribution in [0.25, 0.3) is 0 Å². The van der Waals surface area contributed by atoms with Crippen molar-refractivity contribution in [3.8, 4) is 11.5 Å². The van der Waals surface area contributed by atoms with Gasteiger partial charge in [0.1, 0.15) is 17.1 Å². The molecule has 0 aliphatic carbocycles. The third-order valence-corrected chi connectivity index (χ3v) is 6.47. The Hall–Kier alpha value is -2.74. The van der Waals surface area contributed by atoms with Gasteiger partial charge in [-0.25, -0.2) is 8.42 Å². The Bertz CT molecular complexity index is 1080. The van der Waals surface area contributed by atoms with Crippen LogP contribution in [0.2, 0.25) is 0 Å². The molecule has 0 bridgehead atoms. The minimum Gasteiger partial charge on any atom is -0.497 e. The highest BCUT2D eigenvalue weighted by Crippen LogP contribution is 2.41. The number of hydrogen-bond donors (Lipinski definition) is 1. The van der Waals surface area contributed by atoms with E-state index in [1.807, 2.05) is 32.0 Å². The van der Waals surface area contributed by atoms with Gasteiger partial charge >= 0.3 is 0 Å². The Labute approximate surface area is 178 Å². The topological polar surface area (TPSA) is 84.9 Å². The summed E-state index contributed by atoms with van der Waals surface area (Å²) < 4.78 is 36.2. The maximum absolute atomic E-state index is 13.0. The molecule has 0 spiro atoms. The predicted octanol–water partition coefficient (Wildman–Crippen LogP) is 3.43. The molecular formula is C22H28N2O5S. The first kappa shape index (κ1) is 22.0. The molecule has 7 nitrogen and oxygen atoms in total. The van der Waals surface area contributed by atoms with Crippen molar-refractivity contribution in [3.05, 3.63) is 53.1 Å². The molecule has 30 heavy (non-hydrogen) atoms. The number of benzene rings is 2. The van der Waals surface area contributed by atoms with Crippen molar-refractivity contribution in [3.63, 3.8) is 0 Å². The monoisotopic (exact) mass is 432 g/mol. The van der Waals surface area contributed by atoms with Crippen molar-refractivity contribution in [2.75, 3.05) is 24.7 Å². The average Bonchev–Trinajstić information content (AvgIpc) is 2.65. The second-order valence-corrected chi connectivity index (χ2v) is 10.2. The van der Waals surface area contributed by atoms with Gasteiger partial charge in [0, 0.05) is 30.7 Å². The fourth-order valence-electron chi connectivity index (χ4n) is 3.66. The maximum atomic E-state index is 13.0. The van der Waals surface area contributed by atoms with Crippen LogP contribution in [-0.2, 0) is 10.0 Å². The molecule has 2 aromatic rings. The number of anilines is 1. The number of ether oxygens (including phenoxy) is 2. The Balaban J connectivity index is 1.87. The molecule has 2 aromatic carbocycles. The molecule has 162 valence electrons. The number of rotatable bonds is 5. The number of hydrogen-bond acceptors (Lipinski definition) is 5. The molecular weight excluding hydrogens is 404 g/mol. The van der Waals surface area contributed by atoms with Gasteiger partial charge in [-0.3, -0.25) is 9.10 Å². The summed E-state index contributed by atoms with van der Waals surface area (Å²) in [6.07, 6.45) is 1.76. The lowest BCUT2D eigenvalue weighted by molar-refractivity contribution is 0.0617. The fourth-order valence-corrected chi connectivity index (χ4v) is 4.22. The van der Waals surface area contributed by atoms with Crippen LogP contribution < -0.4 is 19.1 Å². The Morgan fingerprint density at radius 2 is 1.93 bits per heavy atom.